The average molecular weight is 304 g/mol. The van der Waals surface area contributed by atoms with Crippen LogP contribution in [0.25, 0.3) is 5.57 Å². The lowest BCUT2D eigenvalue weighted by atomic mass is 10.0. The van der Waals surface area contributed by atoms with E-state index in [9.17, 15) is 8.78 Å². The molecule has 0 aliphatic carbocycles. The van der Waals surface area contributed by atoms with Gasteiger partial charge in [0.1, 0.15) is 0 Å². The third-order valence-electron chi connectivity index (χ3n) is 3.36. The van der Waals surface area contributed by atoms with Crippen molar-refractivity contribution in [2.45, 2.75) is 41.0 Å². The van der Waals surface area contributed by atoms with Gasteiger partial charge in [0.2, 0.25) is 0 Å². The van der Waals surface area contributed by atoms with Crippen molar-refractivity contribution in [3.05, 3.63) is 53.4 Å². The molecule has 0 spiro atoms. The van der Waals surface area contributed by atoms with E-state index in [1.165, 1.54) is 6.20 Å². The molecule has 22 heavy (non-hydrogen) atoms. The highest BCUT2D eigenvalue weighted by atomic mass is 19.2. The van der Waals surface area contributed by atoms with E-state index in [-0.39, 0.29) is 5.56 Å². The van der Waals surface area contributed by atoms with Crippen LogP contribution in [0.4, 0.5) is 8.78 Å². The minimum atomic E-state index is -0.819. The van der Waals surface area contributed by atoms with Gasteiger partial charge in [-0.05, 0) is 45.3 Å². The number of allylic oxidation sites excluding steroid dienone is 2. The third kappa shape index (κ3) is 4.45. The smallest absolute Gasteiger partial charge is 0.166 e. The van der Waals surface area contributed by atoms with Gasteiger partial charge in [-0.25, -0.2) is 8.78 Å². The molecular weight excluding hydrogens is 282 g/mol. The van der Waals surface area contributed by atoms with Crippen molar-refractivity contribution < 1.29 is 8.78 Å². The number of benzene rings is 1. The predicted molar refractivity (Wildman–Crippen MR) is 90.4 cm³/mol. The molecule has 0 unspecified atom stereocenters. The fourth-order valence-electron chi connectivity index (χ4n) is 1.80. The van der Waals surface area contributed by atoms with Gasteiger partial charge in [0.15, 0.2) is 11.6 Å². The van der Waals surface area contributed by atoms with Crippen LogP contribution in [0.2, 0.25) is 0 Å². The Kier molecular flexibility index (Phi) is 6.83. The van der Waals surface area contributed by atoms with Gasteiger partial charge in [-0.2, -0.15) is 0 Å². The number of aliphatic imine (C=N–C) groups is 2. The highest BCUT2D eigenvalue weighted by Gasteiger charge is 2.13. The van der Waals surface area contributed by atoms with E-state index in [1.54, 1.807) is 32.2 Å². The SMILES string of the molecule is C\C=C/N=C(C)\C(C)=N\C=C(/C)c1ccc(CC)c(F)c1F. The van der Waals surface area contributed by atoms with Gasteiger partial charge in [-0.1, -0.05) is 25.1 Å². The number of aryl methyl sites for hydroxylation is 1. The highest BCUT2D eigenvalue weighted by molar-refractivity contribution is 6.40. The second-order valence-electron chi connectivity index (χ2n) is 4.98. The summed E-state index contributed by atoms with van der Waals surface area (Å²) in [7, 11) is 0. The summed E-state index contributed by atoms with van der Waals surface area (Å²) in [5, 5.41) is 0. The van der Waals surface area contributed by atoms with Crippen molar-refractivity contribution in [1.29, 1.82) is 0 Å². The Balaban J connectivity index is 3.11. The molecule has 0 fully saturated rings. The number of hydrogen-bond acceptors (Lipinski definition) is 2. The summed E-state index contributed by atoms with van der Waals surface area (Å²) in [4.78, 5) is 8.46. The maximum atomic E-state index is 14.1. The van der Waals surface area contributed by atoms with Gasteiger partial charge in [0.05, 0.1) is 11.4 Å². The Morgan fingerprint density at radius 2 is 1.68 bits per heavy atom. The molecule has 2 nitrogen and oxygen atoms in total. The zero-order valence-electron chi connectivity index (χ0n) is 13.7. The standard InChI is InChI=1S/C18H22F2N2/c1-6-10-21-13(4)14(5)22-11-12(3)16-9-8-15(7-2)17(19)18(16)20/h6,8-11H,7H2,1-5H3/b10-6-,12-11+,21-13-,22-14+. The normalized spacial score (nSPS) is 14.0. The zero-order valence-corrected chi connectivity index (χ0v) is 13.7. The molecule has 0 bridgehead atoms. The molecule has 0 heterocycles. The number of nitrogens with zero attached hydrogens (tertiary/aromatic N) is 2. The molecule has 0 saturated heterocycles. The quantitative estimate of drug-likeness (QED) is 0.656. The fraction of sp³-hybridized carbons (Fsp3) is 0.333. The van der Waals surface area contributed by atoms with Gasteiger partial charge < -0.3 is 0 Å². The first kappa shape index (κ1) is 18.0. The van der Waals surface area contributed by atoms with Crippen molar-refractivity contribution in [1.82, 2.24) is 0 Å². The number of rotatable bonds is 5. The Bertz CT molecular complexity index is 653. The van der Waals surface area contributed by atoms with Crippen LogP contribution >= 0.6 is 0 Å². The molecular formula is C18H22F2N2. The second-order valence-corrected chi connectivity index (χ2v) is 4.98. The van der Waals surface area contributed by atoms with Crippen LogP contribution in [0.15, 0.2) is 40.6 Å². The van der Waals surface area contributed by atoms with Crippen LogP contribution in [-0.4, -0.2) is 11.4 Å². The zero-order chi connectivity index (χ0) is 16.7. The Morgan fingerprint density at radius 1 is 1.05 bits per heavy atom. The maximum absolute atomic E-state index is 14.1. The van der Waals surface area contributed by atoms with Crippen LogP contribution in [0.1, 0.15) is 45.7 Å². The Hall–Kier alpha value is -2.10. The van der Waals surface area contributed by atoms with Crippen LogP contribution < -0.4 is 0 Å². The van der Waals surface area contributed by atoms with E-state index in [0.717, 1.165) is 11.4 Å². The molecule has 118 valence electrons. The van der Waals surface area contributed by atoms with E-state index < -0.39 is 11.6 Å². The maximum Gasteiger partial charge on any atom is 0.166 e. The molecule has 0 N–H and O–H groups in total. The van der Waals surface area contributed by atoms with E-state index in [2.05, 4.69) is 9.98 Å². The summed E-state index contributed by atoms with van der Waals surface area (Å²) in [5.74, 6) is -1.60. The Morgan fingerprint density at radius 3 is 2.27 bits per heavy atom. The topological polar surface area (TPSA) is 24.7 Å². The predicted octanol–water partition coefficient (Wildman–Crippen LogP) is 5.34. The highest BCUT2D eigenvalue weighted by Crippen LogP contribution is 2.23. The van der Waals surface area contributed by atoms with E-state index in [1.807, 2.05) is 26.8 Å². The van der Waals surface area contributed by atoms with Gasteiger partial charge in [-0.15, -0.1) is 0 Å². The third-order valence-corrected chi connectivity index (χ3v) is 3.36. The molecule has 0 saturated carbocycles. The summed E-state index contributed by atoms with van der Waals surface area (Å²) in [6.45, 7) is 9.05. The van der Waals surface area contributed by atoms with Gasteiger partial charge in [0, 0.05) is 18.0 Å². The lowest BCUT2D eigenvalue weighted by Gasteiger charge is -2.07. The number of hydrogen-bond donors (Lipinski definition) is 0. The summed E-state index contributed by atoms with van der Waals surface area (Å²) < 4.78 is 27.9. The van der Waals surface area contributed by atoms with E-state index in [0.29, 0.717) is 17.6 Å². The lowest BCUT2D eigenvalue weighted by Crippen LogP contribution is -2.04. The van der Waals surface area contributed by atoms with Crippen molar-refractivity contribution in [3.63, 3.8) is 0 Å². The molecule has 0 aliphatic rings. The van der Waals surface area contributed by atoms with Gasteiger partial charge in [0.25, 0.3) is 0 Å². The van der Waals surface area contributed by atoms with Gasteiger partial charge >= 0.3 is 0 Å². The first-order valence-corrected chi connectivity index (χ1v) is 7.26. The summed E-state index contributed by atoms with van der Waals surface area (Å²) in [6.07, 6.45) is 5.51. The first-order chi connectivity index (χ1) is 10.4. The molecule has 1 aromatic carbocycles. The average Bonchev–Trinajstić information content (AvgIpc) is 2.52. The second kappa shape index (κ2) is 8.37. The summed E-state index contributed by atoms with van der Waals surface area (Å²) in [5.41, 5.74) is 2.67. The van der Waals surface area contributed by atoms with Crippen LogP contribution in [-0.2, 0) is 6.42 Å². The van der Waals surface area contributed by atoms with Gasteiger partial charge in [-0.3, -0.25) is 9.98 Å². The fourth-order valence-corrected chi connectivity index (χ4v) is 1.80. The minimum Gasteiger partial charge on any atom is -0.260 e. The van der Waals surface area contributed by atoms with E-state index >= 15 is 0 Å². The first-order valence-electron chi connectivity index (χ1n) is 7.26. The largest absolute Gasteiger partial charge is 0.260 e. The van der Waals surface area contributed by atoms with Crippen LogP contribution in [0.5, 0.6) is 0 Å². The van der Waals surface area contributed by atoms with Crippen molar-refractivity contribution in [2.75, 3.05) is 0 Å². The van der Waals surface area contributed by atoms with Crippen molar-refractivity contribution in [2.24, 2.45) is 9.98 Å². The molecule has 0 aromatic heterocycles. The number of halogens is 2. The van der Waals surface area contributed by atoms with Crippen LogP contribution in [0, 0.1) is 11.6 Å². The van der Waals surface area contributed by atoms with Crippen molar-refractivity contribution >= 4 is 17.0 Å². The summed E-state index contributed by atoms with van der Waals surface area (Å²) in [6, 6.07) is 3.20. The van der Waals surface area contributed by atoms with E-state index in [4.69, 9.17) is 0 Å². The monoisotopic (exact) mass is 304 g/mol. The molecule has 0 atom stereocenters. The molecule has 4 heteroatoms. The van der Waals surface area contributed by atoms with Crippen molar-refractivity contribution in [3.8, 4) is 0 Å². The lowest BCUT2D eigenvalue weighted by molar-refractivity contribution is 0.497. The summed E-state index contributed by atoms with van der Waals surface area (Å²) >= 11 is 0. The molecule has 0 amide bonds. The molecule has 1 aromatic rings. The molecule has 0 radical (unpaired) electrons. The molecule has 1 rings (SSSR count). The molecule has 0 aliphatic heterocycles. The Labute approximate surface area is 131 Å². The van der Waals surface area contributed by atoms with Crippen LogP contribution in [0.3, 0.4) is 0 Å². The minimum absolute atomic E-state index is 0.231.